The normalized spacial score (nSPS) is 11.0. The van der Waals surface area contributed by atoms with E-state index in [1.54, 1.807) is 35.3 Å². The van der Waals surface area contributed by atoms with Gasteiger partial charge in [0, 0.05) is 10.6 Å². The van der Waals surface area contributed by atoms with E-state index in [1.807, 2.05) is 24.3 Å². The molecule has 0 radical (unpaired) electrons. The quantitative estimate of drug-likeness (QED) is 0.375. The summed E-state index contributed by atoms with van der Waals surface area (Å²) in [4.78, 5) is 1.26. The van der Waals surface area contributed by atoms with E-state index >= 15 is 0 Å². The molecule has 3 aromatic rings. The van der Waals surface area contributed by atoms with Crippen LogP contribution in [0.5, 0.6) is 5.75 Å². The van der Waals surface area contributed by atoms with E-state index < -0.39 is 0 Å². The Morgan fingerprint density at radius 1 is 1.12 bits per heavy atom. The fourth-order valence-electron chi connectivity index (χ4n) is 2.03. The summed E-state index contributed by atoms with van der Waals surface area (Å²) in [5.41, 5.74) is 2.24. The van der Waals surface area contributed by atoms with Gasteiger partial charge in [-0.25, -0.2) is 4.68 Å². The van der Waals surface area contributed by atoms with Crippen LogP contribution in [0.4, 0.5) is 0 Å². The van der Waals surface area contributed by atoms with Crippen LogP contribution < -0.4 is 4.74 Å². The summed E-state index contributed by atoms with van der Waals surface area (Å²) in [7, 11) is 0. The smallest absolute Gasteiger partial charge is 0.141 e. The Morgan fingerprint density at radius 3 is 2.71 bits per heavy atom. The maximum Gasteiger partial charge on any atom is 0.141 e. The lowest BCUT2D eigenvalue weighted by Crippen LogP contribution is -2.00. The van der Waals surface area contributed by atoms with Crippen molar-refractivity contribution in [2.75, 3.05) is 12.4 Å². The standard InChI is InChI=1S/C18H18N4OS/c1-15-5-7-18(8-6-15)24-10-9-23-17-4-2-3-16(11-17)12-21-22-13-19-20-14-22/h2-8,11-14H,9-10H2,1H3/b21-12+. The first kappa shape index (κ1) is 16.3. The van der Waals surface area contributed by atoms with Crippen LogP contribution in [0.15, 0.2) is 71.2 Å². The Labute approximate surface area is 145 Å². The molecule has 0 saturated heterocycles. The lowest BCUT2D eigenvalue weighted by Gasteiger charge is -2.07. The van der Waals surface area contributed by atoms with Crippen LogP contribution in [0.25, 0.3) is 0 Å². The Kier molecular flexibility index (Phi) is 5.63. The minimum atomic E-state index is 0.657. The Bertz CT molecular complexity index is 785. The van der Waals surface area contributed by atoms with E-state index in [2.05, 4.69) is 46.5 Å². The minimum Gasteiger partial charge on any atom is -0.493 e. The molecule has 0 fully saturated rings. The van der Waals surface area contributed by atoms with Gasteiger partial charge in [-0.05, 0) is 36.8 Å². The zero-order chi connectivity index (χ0) is 16.6. The van der Waals surface area contributed by atoms with Crippen LogP contribution in [-0.2, 0) is 0 Å². The van der Waals surface area contributed by atoms with Crippen LogP contribution in [0.3, 0.4) is 0 Å². The van der Waals surface area contributed by atoms with E-state index in [-0.39, 0.29) is 0 Å². The predicted molar refractivity (Wildman–Crippen MR) is 96.9 cm³/mol. The molecule has 0 atom stereocenters. The van der Waals surface area contributed by atoms with Gasteiger partial charge in [0.1, 0.15) is 18.4 Å². The minimum absolute atomic E-state index is 0.657. The highest BCUT2D eigenvalue weighted by atomic mass is 32.2. The maximum absolute atomic E-state index is 5.82. The van der Waals surface area contributed by atoms with Gasteiger partial charge in [0.2, 0.25) is 0 Å². The first-order valence-corrected chi connectivity index (χ1v) is 8.59. The predicted octanol–water partition coefficient (Wildman–Crippen LogP) is 3.64. The van der Waals surface area contributed by atoms with Crippen molar-refractivity contribution in [3.05, 3.63) is 72.3 Å². The van der Waals surface area contributed by atoms with Crippen molar-refractivity contribution in [1.82, 2.24) is 14.9 Å². The van der Waals surface area contributed by atoms with E-state index in [1.165, 1.54) is 10.5 Å². The van der Waals surface area contributed by atoms with Gasteiger partial charge in [0.25, 0.3) is 0 Å². The van der Waals surface area contributed by atoms with Crippen molar-refractivity contribution in [3.63, 3.8) is 0 Å². The van der Waals surface area contributed by atoms with Gasteiger partial charge in [0.15, 0.2) is 0 Å². The Morgan fingerprint density at radius 2 is 1.92 bits per heavy atom. The third kappa shape index (κ3) is 4.96. The Balaban J connectivity index is 1.48. The molecule has 1 aromatic heterocycles. The number of rotatable bonds is 7. The molecule has 3 rings (SSSR count). The second kappa shape index (κ2) is 8.31. The molecule has 0 aliphatic carbocycles. The molecule has 0 saturated carbocycles. The molecule has 0 bridgehead atoms. The van der Waals surface area contributed by atoms with Crippen LogP contribution >= 0.6 is 11.8 Å². The average Bonchev–Trinajstić information content (AvgIpc) is 3.12. The summed E-state index contributed by atoms with van der Waals surface area (Å²) in [6.07, 6.45) is 4.83. The van der Waals surface area contributed by atoms with Crippen molar-refractivity contribution < 1.29 is 4.74 Å². The fourth-order valence-corrected chi connectivity index (χ4v) is 2.76. The van der Waals surface area contributed by atoms with Gasteiger partial charge in [-0.1, -0.05) is 29.8 Å². The molecule has 1 heterocycles. The Hall–Kier alpha value is -2.60. The molecule has 2 aromatic carbocycles. The number of hydrogen-bond acceptors (Lipinski definition) is 5. The summed E-state index contributed by atoms with van der Waals surface area (Å²) in [6.45, 7) is 2.75. The number of hydrogen-bond donors (Lipinski definition) is 0. The lowest BCUT2D eigenvalue weighted by atomic mass is 10.2. The van der Waals surface area contributed by atoms with E-state index in [0.717, 1.165) is 17.1 Å². The van der Waals surface area contributed by atoms with Crippen LogP contribution in [0.2, 0.25) is 0 Å². The number of aryl methyl sites for hydroxylation is 1. The topological polar surface area (TPSA) is 52.3 Å². The van der Waals surface area contributed by atoms with Crippen LogP contribution in [0.1, 0.15) is 11.1 Å². The number of nitrogens with zero attached hydrogens (tertiary/aromatic N) is 4. The van der Waals surface area contributed by atoms with Crippen molar-refractivity contribution >= 4 is 18.0 Å². The summed E-state index contributed by atoms with van der Waals surface area (Å²) >= 11 is 1.79. The first-order chi connectivity index (χ1) is 11.8. The second-order valence-electron chi connectivity index (χ2n) is 5.17. The maximum atomic E-state index is 5.82. The number of ether oxygens (including phenoxy) is 1. The second-order valence-corrected chi connectivity index (χ2v) is 6.34. The average molecular weight is 338 g/mol. The fraction of sp³-hybridized carbons (Fsp3) is 0.167. The van der Waals surface area contributed by atoms with Gasteiger partial charge < -0.3 is 4.74 Å². The van der Waals surface area contributed by atoms with Gasteiger partial charge in [-0.2, -0.15) is 5.10 Å². The van der Waals surface area contributed by atoms with Gasteiger partial charge >= 0.3 is 0 Å². The molecule has 24 heavy (non-hydrogen) atoms. The molecule has 0 aliphatic rings. The van der Waals surface area contributed by atoms with Gasteiger partial charge in [0.05, 0.1) is 12.8 Å². The molecule has 5 nitrogen and oxygen atoms in total. The van der Waals surface area contributed by atoms with Gasteiger partial charge in [-0.15, -0.1) is 22.0 Å². The lowest BCUT2D eigenvalue weighted by molar-refractivity contribution is 0.344. The molecular weight excluding hydrogens is 320 g/mol. The van der Waals surface area contributed by atoms with E-state index in [4.69, 9.17) is 4.74 Å². The molecule has 0 spiro atoms. The largest absolute Gasteiger partial charge is 0.493 e. The van der Waals surface area contributed by atoms with Gasteiger partial charge in [-0.3, -0.25) is 0 Å². The number of benzene rings is 2. The molecule has 0 N–H and O–H groups in total. The van der Waals surface area contributed by atoms with Crippen molar-refractivity contribution in [1.29, 1.82) is 0 Å². The zero-order valence-corrected chi connectivity index (χ0v) is 14.2. The van der Waals surface area contributed by atoms with Crippen LogP contribution in [-0.4, -0.2) is 33.4 Å². The highest BCUT2D eigenvalue weighted by Gasteiger charge is 1.98. The number of aromatic nitrogens is 3. The molecule has 0 amide bonds. The zero-order valence-electron chi connectivity index (χ0n) is 13.4. The van der Waals surface area contributed by atoms with E-state index in [0.29, 0.717) is 6.61 Å². The molecule has 0 aliphatic heterocycles. The summed E-state index contributed by atoms with van der Waals surface area (Å²) in [6, 6.07) is 16.4. The third-order valence-electron chi connectivity index (χ3n) is 3.25. The number of thioether (sulfide) groups is 1. The molecule has 122 valence electrons. The SMILES string of the molecule is Cc1ccc(SCCOc2cccc(/C=N/n3cnnc3)c2)cc1. The first-order valence-electron chi connectivity index (χ1n) is 7.61. The van der Waals surface area contributed by atoms with E-state index in [9.17, 15) is 0 Å². The highest BCUT2D eigenvalue weighted by molar-refractivity contribution is 7.99. The molecule has 0 unspecified atom stereocenters. The third-order valence-corrected chi connectivity index (χ3v) is 4.22. The summed E-state index contributed by atoms with van der Waals surface area (Å²) < 4.78 is 7.36. The summed E-state index contributed by atoms with van der Waals surface area (Å²) in [5.74, 6) is 1.74. The molecular formula is C18H18N4OS. The molecule has 6 heteroatoms. The van der Waals surface area contributed by atoms with Crippen LogP contribution in [0, 0.1) is 6.92 Å². The van der Waals surface area contributed by atoms with Crippen molar-refractivity contribution in [3.8, 4) is 5.75 Å². The summed E-state index contributed by atoms with van der Waals surface area (Å²) in [5, 5.41) is 11.6. The monoisotopic (exact) mass is 338 g/mol. The highest BCUT2D eigenvalue weighted by Crippen LogP contribution is 2.19. The van der Waals surface area contributed by atoms with Crippen molar-refractivity contribution in [2.24, 2.45) is 5.10 Å². The van der Waals surface area contributed by atoms with Crippen molar-refractivity contribution in [2.45, 2.75) is 11.8 Å².